The Balaban J connectivity index is 0.00000144. The van der Waals surface area contributed by atoms with Gasteiger partial charge >= 0.3 is 0 Å². The molecular weight excluding hydrogens is 475 g/mol. The molecule has 4 N–H and O–H groups in total. The maximum Gasteiger partial charge on any atom is 0.133 e. The summed E-state index contributed by atoms with van der Waals surface area (Å²) in [5.74, 6) is 1.63. The fourth-order valence-electron chi connectivity index (χ4n) is 5.47. The van der Waals surface area contributed by atoms with E-state index >= 15 is 4.39 Å². The average Bonchev–Trinajstić information content (AvgIpc) is 3.70. The smallest absolute Gasteiger partial charge is 0.133 e. The van der Waals surface area contributed by atoms with Crippen LogP contribution in [0.5, 0.6) is 0 Å². The van der Waals surface area contributed by atoms with E-state index in [1.165, 1.54) is 23.2 Å². The first-order valence-corrected chi connectivity index (χ1v) is 13.5. The Bertz CT molecular complexity index is 1410. The van der Waals surface area contributed by atoms with Crippen LogP contribution in [0, 0.1) is 18.7 Å². The molecule has 2 aromatic carbocycles. The number of aromatic nitrogens is 4. The molecular formula is C31H35FN6. The first-order chi connectivity index (χ1) is 18.7. The summed E-state index contributed by atoms with van der Waals surface area (Å²) in [7, 11) is 0. The number of imidazole rings is 2. The summed E-state index contributed by atoms with van der Waals surface area (Å²) in [5, 5.41) is 6.86. The normalized spacial score (nSPS) is 16.3. The van der Waals surface area contributed by atoms with Crippen molar-refractivity contribution in [2.75, 3.05) is 13.1 Å². The Labute approximate surface area is 223 Å². The van der Waals surface area contributed by atoms with Gasteiger partial charge in [-0.3, -0.25) is 0 Å². The topological polar surface area (TPSA) is 81.4 Å². The minimum absolute atomic E-state index is 0.248. The third-order valence-electron chi connectivity index (χ3n) is 7.36. The second kappa shape index (κ2) is 11.8. The van der Waals surface area contributed by atoms with E-state index in [0.29, 0.717) is 23.8 Å². The lowest BCUT2D eigenvalue weighted by molar-refractivity contribution is 0.610. The van der Waals surface area contributed by atoms with Crippen molar-refractivity contribution >= 4 is 0 Å². The van der Waals surface area contributed by atoms with Crippen molar-refractivity contribution in [3.63, 3.8) is 0 Å². The first kappa shape index (κ1) is 25.9. The number of hydrogen-bond acceptors (Lipinski definition) is 4. The summed E-state index contributed by atoms with van der Waals surface area (Å²) in [6.07, 6.45) is 16.2. The number of nitrogens with zero attached hydrogens (tertiary/aromatic N) is 2. The molecule has 4 aromatic rings. The standard InChI is InChI=1S/C29H33FN6.C2H2/c1-2-12-31-17-27-33-16-26(34-27)22-11-9-19(15-23(22)30)18-8-10-21-20(14-18)5-3-6-24-28(21)36-29(35-24)25-7-4-13-32-25;1-2/h8-11,14-16,25,31-32H,2-7,12-13,17H2,1H3,(H,33,34)(H,35,36);1-2H/t25-;/m0./s1. The molecule has 3 heterocycles. The van der Waals surface area contributed by atoms with Crippen molar-refractivity contribution in [3.05, 3.63) is 71.3 Å². The van der Waals surface area contributed by atoms with Crippen molar-refractivity contribution in [1.29, 1.82) is 0 Å². The highest BCUT2D eigenvalue weighted by Crippen LogP contribution is 2.36. The second-order valence-electron chi connectivity index (χ2n) is 9.94. The number of hydrogen-bond donors (Lipinski definition) is 4. The van der Waals surface area contributed by atoms with Crippen LogP contribution in [0.4, 0.5) is 4.39 Å². The fourth-order valence-corrected chi connectivity index (χ4v) is 5.47. The van der Waals surface area contributed by atoms with Crippen molar-refractivity contribution in [2.45, 2.75) is 58.0 Å². The Morgan fingerprint density at radius 3 is 2.61 bits per heavy atom. The minimum Gasteiger partial charge on any atom is -0.344 e. The van der Waals surface area contributed by atoms with Gasteiger partial charge in [0, 0.05) is 16.8 Å². The van der Waals surface area contributed by atoms with Crippen LogP contribution in [0.2, 0.25) is 0 Å². The molecule has 0 spiro atoms. The van der Waals surface area contributed by atoms with Crippen LogP contribution < -0.4 is 10.6 Å². The molecule has 38 heavy (non-hydrogen) atoms. The SMILES string of the molecule is C#C.CCCNCc1ncc(-c2ccc(-c3ccc4c(c3)CCCc3[nH]c([C@@H]5CCCN5)nc3-4)cc2F)[nH]1. The molecule has 0 amide bonds. The summed E-state index contributed by atoms with van der Waals surface area (Å²) >= 11 is 0. The minimum atomic E-state index is -0.248. The molecule has 0 unspecified atom stereocenters. The number of nitrogens with one attached hydrogen (secondary N) is 4. The van der Waals surface area contributed by atoms with Gasteiger partial charge < -0.3 is 20.6 Å². The van der Waals surface area contributed by atoms with Gasteiger partial charge in [-0.25, -0.2) is 14.4 Å². The van der Waals surface area contributed by atoms with Gasteiger partial charge in [0.15, 0.2) is 0 Å². The summed E-state index contributed by atoms with van der Waals surface area (Å²) < 4.78 is 15.2. The molecule has 7 heteroatoms. The number of aromatic amines is 2. The molecule has 1 atom stereocenters. The fraction of sp³-hybridized carbons (Fsp3) is 0.355. The van der Waals surface area contributed by atoms with Crippen LogP contribution in [-0.2, 0) is 19.4 Å². The maximum atomic E-state index is 15.2. The Kier molecular flexibility index (Phi) is 8.02. The van der Waals surface area contributed by atoms with E-state index in [9.17, 15) is 0 Å². The summed E-state index contributed by atoms with van der Waals surface area (Å²) in [6.45, 7) is 4.77. The van der Waals surface area contributed by atoms with Crippen molar-refractivity contribution in [1.82, 2.24) is 30.6 Å². The van der Waals surface area contributed by atoms with E-state index in [0.717, 1.165) is 73.7 Å². The average molecular weight is 511 g/mol. The van der Waals surface area contributed by atoms with Crippen LogP contribution in [-0.4, -0.2) is 33.0 Å². The highest BCUT2D eigenvalue weighted by Gasteiger charge is 2.24. The predicted octanol–water partition coefficient (Wildman–Crippen LogP) is 5.94. The Morgan fingerprint density at radius 2 is 1.84 bits per heavy atom. The third kappa shape index (κ3) is 5.28. The van der Waals surface area contributed by atoms with E-state index in [-0.39, 0.29) is 5.82 Å². The zero-order valence-corrected chi connectivity index (χ0v) is 21.9. The zero-order chi connectivity index (χ0) is 26.5. The van der Waals surface area contributed by atoms with Gasteiger partial charge in [-0.15, -0.1) is 12.8 Å². The van der Waals surface area contributed by atoms with Crippen molar-refractivity contribution in [2.24, 2.45) is 0 Å². The first-order valence-electron chi connectivity index (χ1n) is 13.5. The van der Waals surface area contributed by atoms with Gasteiger partial charge in [0.05, 0.1) is 30.2 Å². The maximum absolute atomic E-state index is 15.2. The lowest BCUT2D eigenvalue weighted by atomic mass is 9.95. The number of halogens is 1. The molecule has 6 rings (SSSR count). The third-order valence-corrected chi connectivity index (χ3v) is 7.36. The quantitative estimate of drug-likeness (QED) is 0.183. The number of terminal acetylenes is 1. The molecule has 1 aliphatic carbocycles. The molecule has 2 aromatic heterocycles. The van der Waals surface area contributed by atoms with Crippen LogP contribution in [0.15, 0.2) is 42.6 Å². The van der Waals surface area contributed by atoms with Crippen LogP contribution >= 0.6 is 0 Å². The monoisotopic (exact) mass is 510 g/mol. The summed E-state index contributed by atoms with van der Waals surface area (Å²) in [4.78, 5) is 16.3. The molecule has 0 radical (unpaired) electrons. The largest absolute Gasteiger partial charge is 0.344 e. The van der Waals surface area contributed by atoms with Crippen molar-refractivity contribution in [3.8, 4) is 46.5 Å². The number of benzene rings is 2. The Hall–Kier alpha value is -3.73. The number of H-pyrrole nitrogens is 2. The van der Waals surface area contributed by atoms with Gasteiger partial charge in [-0.1, -0.05) is 31.2 Å². The summed E-state index contributed by atoms with van der Waals surface area (Å²) in [6, 6.07) is 12.3. The van der Waals surface area contributed by atoms with Crippen molar-refractivity contribution < 1.29 is 4.39 Å². The van der Waals surface area contributed by atoms with Crippen LogP contribution in [0.25, 0.3) is 33.6 Å². The van der Waals surface area contributed by atoms with Crippen LogP contribution in [0.3, 0.4) is 0 Å². The van der Waals surface area contributed by atoms with Gasteiger partial charge in [0.1, 0.15) is 17.5 Å². The van der Waals surface area contributed by atoms with Gasteiger partial charge in [-0.05, 0) is 80.4 Å². The van der Waals surface area contributed by atoms with E-state index in [1.807, 2.05) is 12.1 Å². The van der Waals surface area contributed by atoms with E-state index in [2.05, 4.69) is 63.6 Å². The second-order valence-corrected chi connectivity index (χ2v) is 9.94. The number of fused-ring (bicyclic) bond motifs is 3. The molecule has 2 aliphatic rings. The van der Waals surface area contributed by atoms with Gasteiger partial charge in [0.2, 0.25) is 0 Å². The van der Waals surface area contributed by atoms with Crippen LogP contribution in [0.1, 0.15) is 61.6 Å². The van der Waals surface area contributed by atoms with Gasteiger partial charge in [0.25, 0.3) is 0 Å². The molecule has 1 fully saturated rings. The predicted molar refractivity (Wildman–Crippen MR) is 151 cm³/mol. The highest BCUT2D eigenvalue weighted by molar-refractivity contribution is 5.75. The zero-order valence-electron chi connectivity index (χ0n) is 21.9. The lowest BCUT2D eigenvalue weighted by Gasteiger charge is -2.11. The molecule has 1 saturated heterocycles. The summed E-state index contributed by atoms with van der Waals surface area (Å²) in [5.41, 5.74) is 7.96. The molecule has 6 nitrogen and oxygen atoms in total. The molecule has 1 aliphatic heterocycles. The van der Waals surface area contributed by atoms with Gasteiger partial charge in [-0.2, -0.15) is 0 Å². The molecule has 0 bridgehead atoms. The number of rotatable bonds is 7. The Morgan fingerprint density at radius 1 is 1.03 bits per heavy atom. The molecule has 0 saturated carbocycles. The molecule has 196 valence electrons. The lowest BCUT2D eigenvalue weighted by Crippen LogP contribution is -2.14. The van der Waals surface area contributed by atoms with E-state index in [1.54, 1.807) is 12.3 Å². The number of aryl methyl sites for hydroxylation is 2. The van der Waals surface area contributed by atoms with E-state index in [4.69, 9.17) is 4.98 Å². The highest BCUT2D eigenvalue weighted by atomic mass is 19.1. The van der Waals surface area contributed by atoms with E-state index < -0.39 is 0 Å².